The predicted octanol–water partition coefficient (Wildman–Crippen LogP) is 3.66. The van der Waals surface area contributed by atoms with Gasteiger partial charge in [-0.15, -0.1) is 11.3 Å². The van der Waals surface area contributed by atoms with Crippen LogP contribution in [0.5, 0.6) is 0 Å². The fraction of sp³-hybridized carbons (Fsp3) is 0.250. The van der Waals surface area contributed by atoms with Gasteiger partial charge in [0.1, 0.15) is 5.01 Å². The topological polar surface area (TPSA) is 68.1 Å². The zero-order chi connectivity index (χ0) is 13.8. The van der Waals surface area contributed by atoms with Crippen LogP contribution in [-0.2, 0) is 6.54 Å². The summed E-state index contributed by atoms with van der Waals surface area (Å²) in [7, 11) is 0. The second kappa shape index (κ2) is 6.23. The summed E-state index contributed by atoms with van der Waals surface area (Å²) in [5.74, 6) is 0. The van der Waals surface area contributed by atoms with Gasteiger partial charge in [-0.2, -0.15) is 0 Å². The highest BCUT2D eigenvalue weighted by Gasteiger charge is 2.15. The zero-order valence-electron chi connectivity index (χ0n) is 10.2. The first-order valence-corrected chi connectivity index (χ1v) is 7.31. The Kier molecular flexibility index (Phi) is 4.62. The van der Waals surface area contributed by atoms with Crippen LogP contribution in [0.1, 0.15) is 23.5 Å². The van der Waals surface area contributed by atoms with Crippen molar-refractivity contribution in [3.05, 3.63) is 54.9 Å². The summed E-state index contributed by atoms with van der Waals surface area (Å²) in [6.07, 6.45) is 1.75. The molecule has 0 fully saturated rings. The lowest BCUT2D eigenvalue weighted by molar-refractivity contribution is -0.385. The SMILES string of the molecule is CC(NCc1cc(Br)ccc1[N+](=O)[O-])c1nccs1. The number of thiazole rings is 1. The highest BCUT2D eigenvalue weighted by atomic mass is 79.9. The zero-order valence-corrected chi connectivity index (χ0v) is 12.6. The molecule has 1 atom stereocenters. The first-order chi connectivity index (χ1) is 9.08. The van der Waals surface area contributed by atoms with Crippen molar-refractivity contribution in [3.63, 3.8) is 0 Å². The van der Waals surface area contributed by atoms with Gasteiger partial charge in [0, 0.05) is 34.2 Å². The maximum absolute atomic E-state index is 11.0. The van der Waals surface area contributed by atoms with Crippen molar-refractivity contribution in [2.45, 2.75) is 19.5 Å². The van der Waals surface area contributed by atoms with Gasteiger partial charge in [-0.1, -0.05) is 15.9 Å². The third kappa shape index (κ3) is 3.59. The molecule has 19 heavy (non-hydrogen) atoms. The number of aromatic nitrogens is 1. The van der Waals surface area contributed by atoms with Gasteiger partial charge in [0.2, 0.25) is 0 Å². The molecule has 0 aliphatic carbocycles. The van der Waals surface area contributed by atoms with Crippen LogP contribution in [0.4, 0.5) is 5.69 Å². The largest absolute Gasteiger partial charge is 0.304 e. The standard InChI is InChI=1S/C12H12BrN3O2S/c1-8(12-14-4-5-19-12)15-7-9-6-10(13)2-3-11(9)16(17)18/h2-6,8,15H,7H2,1H3. The molecular weight excluding hydrogens is 330 g/mol. The third-order valence-electron chi connectivity index (χ3n) is 2.66. The van der Waals surface area contributed by atoms with Gasteiger partial charge in [-0.3, -0.25) is 10.1 Å². The van der Waals surface area contributed by atoms with Gasteiger partial charge < -0.3 is 5.32 Å². The Morgan fingerprint density at radius 3 is 3.00 bits per heavy atom. The van der Waals surface area contributed by atoms with Crippen LogP contribution in [0.2, 0.25) is 0 Å². The number of nitro benzene ring substituents is 1. The van der Waals surface area contributed by atoms with E-state index in [1.54, 1.807) is 29.7 Å². The molecule has 1 N–H and O–H groups in total. The van der Waals surface area contributed by atoms with Crippen molar-refractivity contribution in [1.82, 2.24) is 10.3 Å². The van der Waals surface area contributed by atoms with Crippen molar-refractivity contribution in [2.24, 2.45) is 0 Å². The quantitative estimate of drug-likeness (QED) is 0.665. The average Bonchev–Trinajstić information content (AvgIpc) is 2.89. The molecule has 0 amide bonds. The lowest BCUT2D eigenvalue weighted by atomic mass is 10.1. The summed E-state index contributed by atoms with van der Waals surface area (Å²) in [6, 6.07) is 5.01. The molecule has 0 saturated heterocycles. The van der Waals surface area contributed by atoms with Crippen molar-refractivity contribution in [2.75, 3.05) is 0 Å². The number of nitro groups is 1. The molecule has 0 spiro atoms. The van der Waals surface area contributed by atoms with Gasteiger partial charge in [-0.05, 0) is 19.1 Å². The van der Waals surface area contributed by atoms with Crippen LogP contribution in [-0.4, -0.2) is 9.91 Å². The highest BCUT2D eigenvalue weighted by molar-refractivity contribution is 9.10. The second-order valence-corrected chi connectivity index (χ2v) is 5.84. The number of hydrogen-bond donors (Lipinski definition) is 1. The molecule has 0 aliphatic rings. The number of halogens is 1. The van der Waals surface area contributed by atoms with E-state index in [1.165, 1.54) is 6.07 Å². The summed E-state index contributed by atoms with van der Waals surface area (Å²) >= 11 is 4.89. The average molecular weight is 342 g/mol. The normalized spacial score (nSPS) is 12.3. The Hall–Kier alpha value is -1.31. The maximum Gasteiger partial charge on any atom is 0.273 e. The molecule has 1 heterocycles. The van der Waals surface area contributed by atoms with Gasteiger partial charge >= 0.3 is 0 Å². The third-order valence-corrected chi connectivity index (χ3v) is 4.11. The molecule has 1 aromatic heterocycles. The minimum absolute atomic E-state index is 0.0681. The predicted molar refractivity (Wildman–Crippen MR) is 78.2 cm³/mol. The van der Waals surface area contributed by atoms with E-state index in [1.807, 2.05) is 12.3 Å². The number of hydrogen-bond acceptors (Lipinski definition) is 5. The van der Waals surface area contributed by atoms with Crippen LogP contribution in [0.15, 0.2) is 34.2 Å². The Morgan fingerprint density at radius 2 is 2.37 bits per heavy atom. The van der Waals surface area contributed by atoms with E-state index in [9.17, 15) is 10.1 Å². The Balaban J connectivity index is 2.10. The monoisotopic (exact) mass is 341 g/mol. The smallest absolute Gasteiger partial charge is 0.273 e. The van der Waals surface area contributed by atoms with Crippen molar-refractivity contribution in [3.8, 4) is 0 Å². The van der Waals surface area contributed by atoms with E-state index in [2.05, 4.69) is 26.2 Å². The van der Waals surface area contributed by atoms with Crippen LogP contribution in [0.3, 0.4) is 0 Å². The molecule has 0 aliphatic heterocycles. The van der Waals surface area contributed by atoms with E-state index < -0.39 is 0 Å². The van der Waals surface area contributed by atoms with Crippen LogP contribution in [0, 0.1) is 10.1 Å². The van der Waals surface area contributed by atoms with E-state index in [4.69, 9.17) is 0 Å². The van der Waals surface area contributed by atoms with Crippen molar-refractivity contribution < 1.29 is 4.92 Å². The first kappa shape index (κ1) is 14.1. The molecule has 1 unspecified atom stereocenters. The Labute approximate surface area is 123 Å². The summed E-state index contributed by atoms with van der Waals surface area (Å²) in [5.41, 5.74) is 0.782. The molecule has 2 aromatic rings. The minimum Gasteiger partial charge on any atom is -0.304 e. The molecule has 5 nitrogen and oxygen atoms in total. The van der Waals surface area contributed by atoms with Gasteiger partial charge in [0.25, 0.3) is 5.69 Å². The van der Waals surface area contributed by atoms with E-state index in [0.717, 1.165) is 9.48 Å². The lowest BCUT2D eigenvalue weighted by Crippen LogP contribution is -2.18. The molecule has 0 bridgehead atoms. The molecule has 2 rings (SSSR count). The Morgan fingerprint density at radius 1 is 1.58 bits per heavy atom. The highest BCUT2D eigenvalue weighted by Crippen LogP contribution is 2.24. The Bertz CT molecular complexity index is 574. The van der Waals surface area contributed by atoms with E-state index >= 15 is 0 Å². The fourth-order valence-electron chi connectivity index (χ4n) is 1.67. The molecule has 7 heteroatoms. The lowest BCUT2D eigenvalue weighted by Gasteiger charge is -2.11. The summed E-state index contributed by atoms with van der Waals surface area (Å²) < 4.78 is 0.830. The summed E-state index contributed by atoms with van der Waals surface area (Å²) in [4.78, 5) is 14.8. The number of nitrogens with one attached hydrogen (secondary N) is 1. The minimum atomic E-state index is -0.364. The summed E-state index contributed by atoms with van der Waals surface area (Å²) in [6.45, 7) is 2.42. The molecule has 0 radical (unpaired) electrons. The molecule has 1 aromatic carbocycles. The van der Waals surface area contributed by atoms with Crippen molar-refractivity contribution in [1.29, 1.82) is 0 Å². The van der Waals surface area contributed by atoms with Gasteiger partial charge in [0.05, 0.1) is 11.0 Å². The number of rotatable bonds is 5. The fourth-order valence-corrected chi connectivity index (χ4v) is 2.75. The van der Waals surface area contributed by atoms with E-state index in [0.29, 0.717) is 12.1 Å². The number of nitrogens with zero attached hydrogens (tertiary/aromatic N) is 2. The van der Waals surface area contributed by atoms with Gasteiger partial charge in [-0.25, -0.2) is 4.98 Å². The van der Waals surface area contributed by atoms with Crippen LogP contribution < -0.4 is 5.32 Å². The first-order valence-electron chi connectivity index (χ1n) is 5.63. The van der Waals surface area contributed by atoms with E-state index in [-0.39, 0.29) is 16.7 Å². The maximum atomic E-state index is 11.0. The van der Waals surface area contributed by atoms with Crippen molar-refractivity contribution >= 4 is 33.0 Å². The second-order valence-electron chi connectivity index (χ2n) is 4.00. The molecule has 100 valence electrons. The molecule has 0 saturated carbocycles. The van der Waals surface area contributed by atoms with Crippen LogP contribution in [0.25, 0.3) is 0 Å². The molecular formula is C12H12BrN3O2S. The summed E-state index contributed by atoms with van der Waals surface area (Å²) in [5, 5.41) is 17.1. The number of benzene rings is 1. The van der Waals surface area contributed by atoms with Crippen LogP contribution >= 0.6 is 27.3 Å². The van der Waals surface area contributed by atoms with Gasteiger partial charge in [0.15, 0.2) is 0 Å².